The first-order valence-corrected chi connectivity index (χ1v) is 8.89. The summed E-state index contributed by atoms with van der Waals surface area (Å²) < 4.78 is 19.4. The number of amides is 2. The summed E-state index contributed by atoms with van der Waals surface area (Å²) in [6.07, 6.45) is 2.47. The average molecular weight is 348 g/mol. The molecule has 2 atom stereocenters. The number of fused-ring (bicyclic) bond motifs is 1. The lowest BCUT2D eigenvalue weighted by atomic mass is 9.89. The van der Waals surface area contributed by atoms with Gasteiger partial charge in [0, 0.05) is 31.0 Å². The van der Waals surface area contributed by atoms with Gasteiger partial charge < -0.3 is 15.0 Å². The number of likely N-dealkylation sites (tertiary alicyclic amines) is 1. The minimum atomic E-state index is -0.510. The van der Waals surface area contributed by atoms with Gasteiger partial charge in [0.15, 0.2) is 0 Å². The molecule has 0 bridgehead atoms. The quantitative estimate of drug-likeness (QED) is 0.910. The maximum absolute atomic E-state index is 13.6. The number of hydrogen-bond acceptors (Lipinski definition) is 3. The number of nitrogens with one attached hydrogen (secondary N) is 1. The minimum absolute atomic E-state index is 0.0387. The molecule has 1 aromatic rings. The molecule has 2 aliphatic rings. The van der Waals surface area contributed by atoms with E-state index in [1.165, 1.54) is 12.1 Å². The highest BCUT2D eigenvalue weighted by molar-refractivity contribution is 5.88. The number of nitrogens with zero attached hydrogens (tertiary/aromatic N) is 1. The van der Waals surface area contributed by atoms with E-state index in [9.17, 15) is 14.0 Å². The van der Waals surface area contributed by atoms with Crippen LogP contribution in [0.15, 0.2) is 18.2 Å². The molecule has 1 saturated heterocycles. The van der Waals surface area contributed by atoms with Gasteiger partial charge >= 0.3 is 0 Å². The Morgan fingerprint density at radius 1 is 1.48 bits per heavy atom. The first-order valence-electron chi connectivity index (χ1n) is 8.89. The molecule has 3 rings (SSSR count). The van der Waals surface area contributed by atoms with Crippen molar-refractivity contribution in [2.24, 2.45) is 0 Å². The second kappa shape index (κ2) is 6.65. The zero-order valence-electron chi connectivity index (χ0n) is 15.0. The standard InChI is InChI=1S/C19H25FN2O3/c1-4-15(22-9-5-6-17(22)23)18(24)21-14-11-19(2,3)25-16-10-12(20)7-8-13(14)16/h7-8,10,14-15H,4-6,9,11H2,1-3H3,(H,21,24)/t14-,15-/m1/s1. The van der Waals surface area contributed by atoms with Crippen LogP contribution >= 0.6 is 0 Å². The fourth-order valence-electron chi connectivity index (χ4n) is 3.77. The Bertz CT molecular complexity index is 689. The number of hydrogen-bond donors (Lipinski definition) is 1. The van der Waals surface area contributed by atoms with E-state index < -0.39 is 11.6 Å². The lowest BCUT2D eigenvalue weighted by molar-refractivity contribution is -0.138. The van der Waals surface area contributed by atoms with Gasteiger partial charge in [0.05, 0.1) is 6.04 Å². The Kier molecular flexibility index (Phi) is 4.71. The van der Waals surface area contributed by atoms with E-state index in [-0.39, 0.29) is 23.7 Å². The maximum atomic E-state index is 13.6. The van der Waals surface area contributed by atoms with Gasteiger partial charge in [-0.15, -0.1) is 0 Å². The van der Waals surface area contributed by atoms with Crippen molar-refractivity contribution in [1.82, 2.24) is 10.2 Å². The molecule has 0 unspecified atom stereocenters. The van der Waals surface area contributed by atoms with Gasteiger partial charge in [-0.1, -0.05) is 13.0 Å². The highest BCUT2D eigenvalue weighted by Gasteiger charge is 2.37. The Morgan fingerprint density at radius 2 is 2.24 bits per heavy atom. The molecule has 1 aromatic carbocycles. The van der Waals surface area contributed by atoms with E-state index in [0.717, 1.165) is 12.0 Å². The highest BCUT2D eigenvalue weighted by Crippen LogP contribution is 2.39. The number of rotatable bonds is 4. The van der Waals surface area contributed by atoms with E-state index in [0.29, 0.717) is 31.6 Å². The molecule has 1 fully saturated rings. The monoisotopic (exact) mass is 348 g/mol. The van der Waals surface area contributed by atoms with Gasteiger partial charge in [-0.25, -0.2) is 4.39 Å². The van der Waals surface area contributed by atoms with Crippen molar-refractivity contribution >= 4 is 11.8 Å². The van der Waals surface area contributed by atoms with Crippen LogP contribution < -0.4 is 10.1 Å². The van der Waals surface area contributed by atoms with E-state index in [4.69, 9.17) is 4.74 Å². The summed E-state index contributed by atoms with van der Waals surface area (Å²) in [5.41, 5.74) is 0.265. The maximum Gasteiger partial charge on any atom is 0.243 e. The zero-order chi connectivity index (χ0) is 18.2. The third-order valence-electron chi connectivity index (χ3n) is 4.93. The topological polar surface area (TPSA) is 58.6 Å². The molecule has 1 N–H and O–H groups in total. The number of benzene rings is 1. The van der Waals surface area contributed by atoms with Crippen molar-refractivity contribution in [3.05, 3.63) is 29.6 Å². The summed E-state index contributed by atoms with van der Waals surface area (Å²) in [6, 6.07) is 3.67. The summed E-state index contributed by atoms with van der Waals surface area (Å²) >= 11 is 0. The molecule has 136 valence electrons. The molecule has 5 nitrogen and oxygen atoms in total. The van der Waals surface area contributed by atoms with Gasteiger partial charge in [0.1, 0.15) is 23.2 Å². The van der Waals surface area contributed by atoms with Crippen LogP contribution in [0.3, 0.4) is 0 Å². The average Bonchev–Trinajstić information content (AvgIpc) is 2.92. The first kappa shape index (κ1) is 17.7. The fourth-order valence-corrected chi connectivity index (χ4v) is 3.77. The van der Waals surface area contributed by atoms with Gasteiger partial charge in [0.25, 0.3) is 0 Å². The molecule has 25 heavy (non-hydrogen) atoms. The normalized spacial score (nSPS) is 23.0. The van der Waals surface area contributed by atoms with Crippen LogP contribution in [-0.2, 0) is 9.59 Å². The second-order valence-electron chi connectivity index (χ2n) is 7.42. The predicted molar refractivity (Wildman–Crippen MR) is 91.6 cm³/mol. The van der Waals surface area contributed by atoms with Gasteiger partial charge in [0.2, 0.25) is 11.8 Å². The molecule has 2 aliphatic heterocycles. The summed E-state index contributed by atoms with van der Waals surface area (Å²) in [7, 11) is 0. The Hall–Kier alpha value is -2.11. The van der Waals surface area contributed by atoms with Crippen molar-refractivity contribution in [3.8, 4) is 5.75 Å². The molecule has 0 radical (unpaired) electrons. The molecular weight excluding hydrogens is 323 g/mol. The molecule has 0 aliphatic carbocycles. The SMILES string of the molecule is CC[C@H](C(=O)N[C@@H]1CC(C)(C)Oc2cc(F)ccc21)N1CCCC1=O. The second-order valence-corrected chi connectivity index (χ2v) is 7.42. The summed E-state index contributed by atoms with van der Waals surface area (Å²) in [4.78, 5) is 26.5. The lowest BCUT2D eigenvalue weighted by Gasteiger charge is -2.38. The van der Waals surface area contributed by atoms with Crippen LogP contribution in [0, 0.1) is 5.82 Å². The predicted octanol–water partition coefficient (Wildman–Crippen LogP) is 2.95. The third-order valence-corrected chi connectivity index (χ3v) is 4.93. The van der Waals surface area contributed by atoms with E-state index in [2.05, 4.69) is 5.32 Å². The summed E-state index contributed by atoms with van der Waals surface area (Å²) in [5, 5.41) is 3.06. The van der Waals surface area contributed by atoms with E-state index in [1.807, 2.05) is 20.8 Å². The Balaban J connectivity index is 1.81. The lowest BCUT2D eigenvalue weighted by Crippen LogP contribution is -2.50. The first-order chi connectivity index (χ1) is 11.8. The van der Waals surface area contributed by atoms with Crippen LogP contribution in [0.5, 0.6) is 5.75 Å². The Labute approximate surface area is 147 Å². The van der Waals surface area contributed by atoms with Crippen molar-refractivity contribution in [2.75, 3.05) is 6.54 Å². The summed E-state index contributed by atoms with van der Waals surface area (Å²) in [6.45, 7) is 6.38. The Morgan fingerprint density at radius 3 is 2.88 bits per heavy atom. The molecule has 0 saturated carbocycles. The zero-order valence-corrected chi connectivity index (χ0v) is 15.0. The number of ether oxygens (including phenoxy) is 1. The van der Waals surface area contributed by atoms with Crippen LogP contribution in [0.4, 0.5) is 4.39 Å². The van der Waals surface area contributed by atoms with Gasteiger partial charge in [-0.05, 0) is 32.8 Å². The van der Waals surface area contributed by atoms with Crippen molar-refractivity contribution in [3.63, 3.8) is 0 Å². The summed E-state index contributed by atoms with van der Waals surface area (Å²) in [5.74, 6) is -0.0185. The van der Waals surface area contributed by atoms with Crippen LogP contribution in [0.2, 0.25) is 0 Å². The third kappa shape index (κ3) is 3.62. The van der Waals surface area contributed by atoms with Crippen LogP contribution in [-0.4, -0.2) is 34.9 Å². The molecule has 6 heteroatoms. The largest absolute Gasteiger partial charge is 0.487 e. The van der Waals surface area contributed by atoms with E-state index >= 15 is 0 Å². The number of carbonyl (C=O) groups excluding carboxylic acids is 2. The number of halogens is 1. The van der Waals surface area contributed by atoms with Crippen molar-refractivity contribution in [1.29, 1.82) is 0 Å². The fraction of sp³-hybridized carbons (Fsp3) is 0.579. The van der Waals surface area contributed by atoms with Crippen molar-refractivity contribution < 1.29 is 18.7 Å². The molecule has 0 spiro atoms. The smallest absolute Gasteiger partial charge is 0.243 e. The van der Waals surface area contributed by atoms with Crippen LogP contribution in [0.25, 0.3) is 0 Å². The van der Waals surface area contributed by atoms with Gasteiger partial charge in [-0.3, -0.25) is 9.59 Å². The van der Waals surface area contributed by atoms with Crippen molar-refractivity contribution in [2.45, 2.75) is 64.1 Å². The van der Waals surface area contributed by atoms with E-state index in [1.54, 1.807) is 11.0 Å². The van der Waals surface area contributed by atoms with Crippen LogP contribution in [0.1, 0.15) is 58.1 Å². The highest BCUT2D eigenvalue weighted by atomic mass is 19.1. The molecule has 0 aromatic heterocycles. The van der Waals surface area contributed by atoms with Gasteiger partial charge in [-0.2, -0.15) is 0 Å². The molecule has 2 heterocycles. The minimum Gasteiger partial charge on any atom is -0.487 e. The molecular formula is C19H25FN2O3. The number of carbonyl (C=O) groups is 2. The molecule has 2 amide bonds.